The third kappa shape index (κ3) is 6.23. The van der Waals surface area contributed by atoms with E-state index in [-0.39, 0.29) is 32.1 Å². The Morgan fingerprint density at radius 2 is 1.79 bits per heavy atom. The molecule has 1 amide bonds. The van der Waals surface area contributed by atoms with E-state index < -0.39 is 27.8 Å². The molecule has 11 heteroatoms. The van der Waals surface area contributed by atoms with Gasteiger partial charge in [-0.05, 0) is 54.8 Å². The minimum Gasteiger partial charge on any atom is -0.322 e. The van der Waals surface area contributed by atoms with Crippen LogP contribution >= 0.6 is 46.6 Å². The number of thioether (sulfide) groups is 1. The van der Waals surface area contributed by atoms with Gasteiger partial charge in [0.05, 0.1) is 10.7 Å². The summed E-state index contributed by atoms with van der Waals surface area (Å²) >= 11 is 19.0. The van der Waals surface area contributed by atoms with Gasteiger partial charge in [0.2, 0.25) is 15.9 Å². The van der Waals surface area contributed by atoms with E-state index >= 15 is 0 Å². The van der Waals surface area contributed by atoms with Crippen LogP contribution in [0.25, 0.3) is 0 Å². The Bertz CT molecular complexity index is 974. The highest BCUT2D eigenvalue weighted by Gasteiger charge is 2.27. The second kappa shape index (κ2) is 10.1. The van der Waals surface area contributed by atoms with Crippen molar-refractivity contribution in [2.75, 3.05) is 17.3 Å². The Labute approximate surface area is 182 Å². The van der Waals surface area contributed by atoms with E-state index in [9.17, 15) is 17.6 Å². The van der Waals surface area contributed by atoms with Crippen molar-refractivity contribution in [3.05, 3.63) is 57.3 Å². The molecule has 2 aromatic rings. The van der Waals surface area contributed by atoms with Gasteiger partial charge in [-0.1, -0.05) is 34.8 Å². The highest BCUT2D eigenvalue weighted by Crippen LogP contribution is 2.25. The summed E-state index contributed by atoms with van der Waals surface area (Å²) < 4.78 is 41.7. The molecule has 5 nitrogen and oxygen atoms in total. The molecule has 0 saturated heterocycles. The van der Waals surface area contributed by atoms with Crippen LogP contribution in [0.3, 0.4) is 0 Å². The molecule has 28 heavy (non-hydrogen) atoms. The van der Waals surface area contributed by atoms with Crippen LogP contribution in [-0.2, 0) is 14.8 Å². The third-order valence-electron chi connectivity index (χ3n) is 3.60. The number of rotatable bonds is 8. The zero-order valence-electron chi connectivity index (χ0n) is 14.5. The maximum atomic E-state index is 14.0. The van der Waals surface area contributed by atoms with Gasteiger partial charge in [0.1, 0.15) is 16.8 Å². The Kier molecular flexibility index (Phi) is 8.42. The van der Waals surface area contributed by atoms with Crippen LogP contribution in [0.4, 0.5) is 10.1 Å². The molecule has 152 valence electrons. The number of carbonyl (C=O) groups excluding carboxylic acids is 1. The number of carbonyl (C=O) groups is 1. The summed E-state index contributed by atoms with van der Waals surface area (Å²) in [6.45, 7) is 0. The molecule has 0 bridgehead atoms. The highest BCUT2D eigenvalue weighted by atomic mass is 35.5. The van der Waals surface area contributed by atoms with Crippen LogP contribution in [0.1, 0.15) is 6.42 Å². The molecule has 0 aliphatic carbocycles. The van der Waals surface area contributed by atoms with Crippen LogP contribution in [0.2, 0.25) is 15.1 Å². The van der Waals surface area contributed by atoms with Crippen molar-refractivity contribution in [3.63, 3.8) is 0 Å². The van der Waals surface area contributed by atoms with Gasteiger partial charge in [0.25, 0.3) is 0 Å². The number of hydrogen-bond acceptors (Lipinski definition) is 4. The van der Waals surface area contributed by atoms with Gasteiger partial charge < -0.3 is 5.32 Å². The fourth-order valence-corrected chi connectivity index (χ4v) is 4.85. The fraction of sp³-hybridized carbons (Fsp3) is 0.235. The standard InChI is InChI=1S/C17H16Cl3FN2O3S2/c1-27-7-6-15(17(24)22-14-5-3-10(18)8-13(14)21)23-28(25,26)16-9-11(19)2-4-12(16)20/h2-5,8-9,15,23H,6-7H2,1H3,(H,22,24). The van der Waals surface area contributed by atoms with E-state index in [1.165, 1.54) is 42.1 Å². The lowest BCUT2D eigenvalue weighted by Gasteiger charge is -2.19. The first kappa shape index (κ1) is 23.3. The van der Waals surface area contributed by atoms with E-state index in [2.05, 4.69) is 10.0 Å². The smallest absolute Gasteiger partial charge is 0.242 e. The zero-order chi connectivity index (χ0) is 20.9. The zero-order valence-corrected chi connectivity index (χ0v) is 18.4. The normalized spacial score (nSPS) is 12.6. The number of halogens is 4. The minimum absolute atomic E-state index is 0.0373. The van der Waals surface area contributed by atoms with Crippen LogP contribution in [-0.4, -0.2) is 32.4 Å². The molecule has 0 saturated carbocycles. The van der Waals surface area contributed by atoms with Gasteiger partial charge in [-0.2, -0.15) is 16.5 Å². The summed E-state index contributed by atoms with van der Waals surface area (Å²) in [5.74, 6) is -0.949. The van der Waals surface area contributed by atoms with Crippen LogP contribution in [0.15, 0.2) is 41.3 Å². The van der Waals surface area contributed by atoms with E-state index in [4.69, 9.17) is 34.8 Å². The summed E-state index contributed by atoms with van der Waals surface area (Å²) in [6.07, 6.45) is 2.00. The van der Waals surface area contributed by atoms with E-state index in [0.29, 0.717) is 5.75 Å². The average molecular weight is 486 g/mol. The van der Waals surface area contributed by atoms with Crippen molar-refractivity contribution in [1.82, 2.24) is 4.72 Å². The van der Waals surface area contributed by atoms with Crippen molar-refractivity contribution in [2.24, 2.45) is 0 Å². The Morgan fingerprint density at radius 1 is 1.14 bits per heavy atom. The highest BCUT2D eigenvalue weighted by molar-refractivity contribution is 7.98. The second-order valence-electron chi connectivity index (χ2n) is 5.64. The molecule has 2 rings (SSSR count). The molecular weight excluding hydrogens is 470 g/mol. The summed E-state index contributed by atoms with van der Waals surface area (Å²) in [6, 6.07) is 6.58. The van der Waals surface area contributed by atoms with Gasteiger partial charge in [0, 0.05) is 10.0 Å². The van der Waals surface area contributed by atoms with E-state index in [1.54, 1.807) is 0 Å². The molecule has 0 aliphatic rings. The predicted molar refractivity (Wildman–Crippen MR) is 114 cm³/mol. The van der Waals surface area contributed by atoms with Gasteiger partial charge in [0.15, 0.2) is 0 Å². The molecule has 2 N–H and O–H groups in total. The number of hydrogen-bond donors (Lipinski definition) is 2. The van der Waals surface area contributed by atoms with Crippen LogP contribution < -0.4 is 10.0 Å². The van der Waals surface area contributed by atoms with E-state index in [0.717, 1.165) is 6.07 Å². The van der Waals surface area contributed by atoms with Crippen molar-refractivity contribution in [2.45, 2.75) is 17.4 Å². The van der Waals surface area contributed by atoms with Crippen LogP contribution in [0, 0.1) is 5.82 Å². The summed E-state index contributed by atoms with van der Waals surface area (Å²) in [4.78, 5) is 12.4. The minimum atomic E-state index is -4.15. The predicted octanol–water partition coefficient (Wildman–Crippen LogP) is 4.82. The van der Waals surface area contributed by atoms with Gasteiger partial charge >= 0.3 is 0 Å². The lowest BCUT2D eigenvalue weighted by atomic mass is 10.2. The first-order valence-corrected chi connectivity index (χ1v) is 11.9. The molecule has 0 aliphatic heterocycles. The monoisotopic (exact) mass is 484 g/mol. The lowest BCUT2D eigenvalue weighted by Crippen LogP contribution is -2.44. The number of anilines is 1. The molecule has 0 radical (unpaired) electrons. The van der Waals surface area contributed by atoms with Gasteiger partial charge in [-0.25, -0.2) is 12.8 Å². The SMILES string of the molecule is CSCCC(NS(=O)(=O)c1cc(Cl)ccc1Cl)C(=O)Nc1ccc(Cl)cc1F. The van der Waals surface area contributed by atoms with E-state index in [1.807, 2.05) is 6.26 Å². The molecular formula is C17H16Cl3FN2O3S2. The Balaban J connectivity index is 2.27. The second-order valence-corrected chi connectivity index (χ2v) is 9.59. The maximum absolute atomic E-state index is 14.0. The van der Waals surface area contributed by atoms with Gasteiger partial charge in [-0.15, -0.1) is 0 Å². The third-order valence-corrected chi connectivity index (χ3v) is 6.66. The van der Waals surface area contributed by atoms with Crippen LogP contribution in [0.5, 0.6) is 0 Å². The number of amides is 1. The van der Waals surface area contributed by atoms with Crippen molar-refractivity contribution in [1.29, 1.82) is 0 Å². The van der Waals surface area contributed by atoms with Gasteiger partial charge in [-0.3, -0.25) is 4.79 Å². The molecule has 1 unspecified atom stereocenters. The molecule has 0 aromatic heterocycles. The maximum Gasteiger partial charge on any atom is 0.242 e. The molecule has 0 fully saturated rings. The summed E-state index contributed by atoms with van der Waals surface area (Å²) in [5.41, 5.74) is -0.108. The Morgan fingerprint density at radius 3 is 2.43 bits per heavy atom. The van der Waals surface area contributed by atoms with Crippen molar-refractivity contribution < 1.29 is 17.6 Å². The summed E-state index contributed by atoms with van der Waals surface area (Å²) in [7, 11) is -4.15. The number of benzene rings is 2. The quantitative estimate of drug-likeness (QED) is 0.562. The first-order valence-electron chi connectivity index (χ1n) is 7.86. The largest absolute Gasteiger partial charge is 0.322 e. The summed E-state index contributed by atoms with van der Waals surface area (Å²) in [5, 5.41) is 2.69. The first-order chi connectivity index (χ1) is 13.1. The Hall–Kier alpha value is -1.03. The molecule has 2 aromatic carbocycles. The average Bonchev–Trinajstić information content (AvgIpc) is 2.62. The molecule has 1 atom stereocenters. The number of sulfonamides is 1. The van der Waals surface area contributed by atoms with Crippen molar-refractivity contribution >= 4 is 68.2 Å². The molecule has 0 heterocycles. The topological polar surface area (TPSA) is 75.3 Å². The fourth-order valence-electron chi connectivity index (χ4n) is 2.22. The van der Waals surface area contributed by atoms with Crippen molar-refractivity contribution in [3.8, 4) is 0 Å². The number of nitrogens with one attached hydrogen (secondary N) is 2. The lowest BCUT2D eigenvalue weighted by molar-refractivity contribution is -0.117. The molecule has 0 spiro atoms.